The van der Waals surface area contributed by atoms with E-state index in [2.05, 4.69) is 108 Å². The summed E-state index contributed by atoms with van der Waals surface area (Å²) >= 11 is 6.04. The second-order valence-corrected chi connectivity index (χ2v) is 14.9. The van der Waals surface area contributed by atoms with E-state index in [0.29, 0.717) is 5.25 Å². The van der Waals surface area contributed by atoms with Gasteiger partial charge in [0.25, 0.3) is 0 Å². The van der Waals surface area contributed by atoms with Gasteiger partial charge in [0.05, 0.1) is 0 Å². The third kappa shape index (κ3) is 14.8. The fraction of sp³-hybridized carbons (Fsp3) is 0.583. The van der Waals surface area contributed by atoms with Gasteiger partial charge < -0.3 is 0 Å². The molecule has 0 aromatic carbocycles. The lowest BCUT2D eigenvalue weighted by molar-refractivity contribution is -0.697. The van der Waals surface area contributed by atoms with Crippen LogP contribution in [0.1, 0.15) is 97.8 Å². The summed E-state index contributed by atoms with van der Waals surface area (Å²) in [5.41, 5.74) is 0. The van der Waals surface area contributed by atoms with Crippen LogP contribution >= 0.6 is 35.3 Å². The molecule has 0 bridgehead atoms. The topological polar surface area (TPSA) is 11.6 Å². The van der Waals surface area contributed by atoms with Crippen LogP contribution in [-0.2, 0) is 19.6 Å². The molecule has 3 heterocycles. The van der Waals surface area contributed by atoms with Crippen LogP contribution < -0.4 is 13.7 Å². The smallest absolute Gasteiger partial charge is 0.169 e. The van der Waals surface area contributed by atoms with Crippen LogP contribution in [0.2, 0.25) is 0 Å². The monoisotopic (exact) mass is 626 g/mol. The average Bonchev–Trinajstić information content (AvgIpc) is 3.03. The van der Waals surface area contributed by atoms with Crippen molar-refractivity contribution in [1.29, 1.82) is 0 Å². The van der Waals surface area contributed by atoms with Gasteiger partial charge in [0.1, 0.15) is 19.6 Å². The van der Waals surface area contributed by atoms with Crippen LogP contribution in [0, 0.1) is 0 Å². The molecule has 0 saturated heterocycles. The number of hydrogen-bond donors (Lipinski definition) is 0. The van der Waals surface area contributed by atoms with Gasteiger partial charge in [-0.2, -0.15) is 0 Å². The Bertz CT molecular complexity index is 1010. The van der Waals surface area contributed by atoms with E-state index in [1.165, 1.54) is 91.7 Å². The predicted molar refractivity (Wildman–Crippen MR) is 183 cm³/mol. The fourth-order valence-electron chi connectivity index (χ4n) is 4.90. The van der Waals surface area contributed by atoms with Crippen molar-refractivity contribution in [3.8, 4) is 0 Å². The number of thioether (sulfide) groups is 3. The summed E-state index contributed by atoms with van der Waals surface area (Å²) in [6.45, 7) is 10.2. The lowest BCUT2D eigenvalue weighted by Gasteiger charge is -2.16. The zero-order valence-electron chi connectivity index (χ0n) is 26.6. The Morgan fingerprint density at radius 2 is 0.786 bits per heavy atom. The van der Waals surface area contributed by atoms with Crippen molar-refractivity contribution < 1.29 is 13.7 Å². The van der Waals surface area contributed by atoms with E-state index >= 15 is 0 Å². The third-order valence-corrected chi connectivity index (χ3v) is 11.5. The van der Waals surface area contributed by atoms with Gasteiger partial charge in [-0.25, -0.2) is 13.7 Å². The molecule has 0 N–H and O–H groups in total. The van der Waals surface area contributed by atoms with E-state index in [-0.39, 0.29) is 0 Å². The molecule has 0 aliphatic rings. The van der Waals surface area contributed by atoms with E-state index < -0.39 is 0 Å². The first-order valence-corrected chi connectivity index (χ1v) is 19.4. The minimum atomic E-state index is 0.531. The largest absolute Gasteiger partial charge is 0.205 e. The van der Waals surface area contributed by atoms with Gasteiger partial charge in [-0.3, -0.25) is 0 Å². The molecule has 0 fully saturated rings. The summed E-state index contributed by atoms with van der Waals surface area (Å²) in [7, 11) is 0. The van der Waals surface area contributed by atoms with Crippen molar-refractivity contribution in [3.05, 3.63) is 73.6 Å². The van der Waals surface area contributed by atoms with Crippen LogP contribution in [-0.4, -0.2) is 16.8 Å². The maximum atomic E-state index is 2.35. The first-order valence-electron chi connectivity index (χ1n) is 16.6. The molecule has 42 heavy (non-hydrogen) atoms. The van der Waals surface area contributed by atoms with Crippen molar-refractivity contribution >= 4 is 35.3 Å². The molecule has 230 valence electrons. The molecular formula is C36H56N3S3+3. The Morgan fingerprint density at radius 3 is 1.12 bits per heavy atom. The quantitative estimate of drug-likeness (QED) is 0.0591. The molecule has 3 rings (SSSR count). The number of aryl methyl sites for hydroxylation is 3. The van der Waals surface area contributed by atoms with Crippen molar-refractivity contribution in [2.45, 2.75) is 137 Å². The van der Waals surface area contributed by atoms with Crippen LogP contribution in [0.15, 0.2) is 88.3 Å². The maximum absolute atomic E-state index is 2.35. The molecule has 0 unspecified atom stereocenters. The highest BCUT2D eigenvalue weighted by atomic mass is 32.2. The van der Waals surface area contributed by atoms with E-state index in [0.717, 1.165) is 31.1 Å². The third-order valence-electron chi connectivity index (χ3n) is 7.57. The van der Waals surface area contributed by atoms with Crippen LogP contribution in [0.4, 0.5) is 0 Å². The molecule has 0 aliphatic carbocycles. The van der Waals surface area contributed by atoms with Gasteiger partial charge >= 0.3 is 0 Å². The van der Waals surface area contributed by atoms with E-state index in [1.807, 2.05) is 35.3 Å². The van der Waals surface area contributed by atoms with Gasteiger partial charge in [-0.1, -0.05) is 59.3 Å². The second-order valence-electron chi connectivity index (χ2n) is 11.4. The van der Waals surface area contributed by atoms with Crippen molar-refractivity contribution in [2.75, 3.05) is 11.5 Å². The molecule has 0 aliphatic heterocycles. The predicted octanol–water partition coefficient (Wildman–Crippen LogP) is 9.34. The first-order chi connectivity index (χ1) is 20.7. The van der Waals surface area contributed by atoms with Crippen LogP contribution in [0.5, 0.6) is 0 Å². The van der Waals surface area contributed by atoms with E-state index in [1.54, 1.807) is 0 Å². The second kappa shape index (κ2) is 22.1. The van der Waals surface area contributed by atoms with Crippen molar-refractivity contribution in [1.82, 2.24) is 0 Å². The summed E-state index contributed by atoms with van der Waals surface area (Å²) < 4.78 is 7.03. The number of rotatable bonds is 23. The Hall–Kier alpha value is -1.50. The summed E-state index contributed by atoms with van der Waals surface area (Å²) in [6, 6.07) is 13.9. The zero-order valence-corrected chi connectivity index (χ0v) is 29.0. The number of unbranched alkanes of at least 4 members (excludes halogenated alkanes) is 9. The minimum Gasteiger partial charge on any atom is -0.205 e. The average molecular weight is 627 g/mol. The minimum absolute atomic E-state index is 0.531. The van der Waals surface area contributed by atoms with E-state index in [4.69, 9.17) is 0 Å². The lowest BCUT2D eigenvalue weighted by atomic mass is 10.2. The molecule has 0 radical (unpaired) electrons. The molecule has 3 aromatic rings. The van der Waals surface area contributed by atoms with Crippen LogP contribution in [0.3, 0.4) is 0 Å². The van der Waals surface area contributed by atoms with Crippen molar-refractivity contribution in [3.63, 3.8) is 0 Å². The molecule has 6 heteroatoms. The molecule has 3 aromatic heterocycles. The number of aromatic nitrogens is 3. The lowest BCUT2D eigenvalue weighted by Crippen LogP contribution is -2.32. The molecule has 0 saturated carbocycles. The maximum Gasteiger partial charge on any atom is 0.169 e. The Kier molecular flexibility index (Phi) is 18.4. The Morgan fingerprint density at radius 1 is 0.452 bits per heavy atom. The highest BCUT2D eigenvalue weighted by Gasteiger charge is 2.15. The number of pyridine rings is 3. The van der Waals surface area contributed by atoms with Gasteiger partial charge in [0.2, 0.25) is 0 Å². The summed E-state index contributed by atoms with van der Waals surface area (Å²) in [5.74, 6) is 2.21. The van der Waals surface area contributed by atoms with Gasteiger partial charge in [-0.05, 0) is 19.3 Å². The highest BCUT2D eigenvalue weighted by molar-refractivity contribution is 8.05. The Balaban J connectivity index is 1.55. The summed E-state index contributed by atoms with van der Waals surface area (Å²) in [5, 5.41) is 0.531. The Labute approximate surface area is 270 Å². The standard InChI is InChI=1S/C36H56N3S3/c1-4-7-10-13-22-37-25-16-33(17-26-37)40-31-36(42-35-20-29-39(30-21-35)24-15-12-9-6-3)32-41-34-18-27-38(28-19-34)23-14-11-8-5-2/h16-21,25-30,36H,4-15,22-24,31-32H2,1-3H3/q+3. The number of hydrogen-bond acceptors (Lipinski definition) is 3. The SMILES string of the molecule is CCCCCC[n+]1ccc(SCC(CSc2cc[n+](CCCCCC)cc2)Sc2cc[n+](CCCCCC)cc2)cc1. The normalized spacial score (nSPS) is 11.4. The van der Waals surface area contributed by atoms with Gasteiger partial charge in [0, 0.05) is 87.1 Å². The highest BCUT2D eigenvalue weighted by Crippen LogP contribution is 2.32. The molecular weight excluding hydrogens is 571 g/mol. The number of nitrogens with zero attached hydrogens (tertiary/aromatic N) is 3. The summed E-state index contributed by atoms with van der Waals surface area (Å²) in [4.78, 5) is 4.12. The first kappa shape index (κ1) is 35.0. The summed E-state index contributed by atoms with van der Waals surface area (Å²) in [6.07, 6.45) is 29.3. The molecule has 0 spiro atoms. The van der Waals surface area contributed by atoms with E-state index in [9.17, 15) is 0 Å². The fourth-order valence-corrected chi connectivity index (χ4v) is 8.29. The van der Waals surface area contributed by atoms with Crippen molar-refractivity contribution in [2.24, 2.45) is 0 Å². The molecule has 0 amide bonds. The van der Waals surface area contributed by atoms with Gasteiger partial charge in [0.15, 0.2) is 37.2 Å². The van der Waals surface area contributed by atoms with Gasteiger partial charge in [-0.15, -0.1) is 35.3 Å². The van der Waals surface area contributed by atoms with Crippen LogP contribution in [0.25, 0.3) is 0 Å². The molecule has 3 nitrogen and oxygen atoms in total. The molecule has 0 atom stereocenters. The zero-order chi connectivity index (χ0) is 29.7.